The molecular weight excluding hydrogens is 98.1 g/mol. The maximum atomic E-state index is 5.45. The van der Waals surface area contributed by atoms with Crippen molar-refractivity contribution in [2.45, 2.75) is 18.9 Å². The Hall–Kier alpha value is -0.920. The SMILES string of the molecule is C#CCC(C)(N)C#C. The smallest absolute Gasteiger partial charge is 0.0855 e. The average molecular weight is 107 g/mol. The van der Waals surface area contributed by atoms with Crippen molar-refractivity contribution < 1.29 is 0 Å². The fraction of sp³-hybridized carbons (Fsp3) is 0.429. The molecule has 0 rings (SSSR count). The van der Waals surface area contributed by atoms with Gasteiger partial charge in [0.15, 0.2) is 0 Å². The van der Waals surface area contributed by atoms with E-state index in [0.29, 0.717) is 6.42 Å². The van der Waals surface area contributed by atoms with Crippen molar-refractivity contribution in [2.24, 2.45) is 5.73 Å². The van der Waals surface area contributed by atoms with E-state index < -0.39 is 5.54 Å². The van der Waals surface area contributed by atoms with Gasteiger partial charge in [-0.05, 0) is 6.92 Å². The van der Waals surface area contributed by atoms with E-state index in [1.807, 2.05) is 0 Å². The lowest BCUT2D eigenvalue weighted by Gasteiger charge is -2.11. The van der Waals surface area contributed by atoms with Crippen LogP contribution in [0.2, 0.25) is 0 Å². The first-order valence-electron chi connectivity index (χ1n) is 2.32. The van der Waals surface area contributed by atoms with Crippen LogP contribution in [-0.2, 0) is 0 Å². The minimum atomic E-state index is -0.616. The van der Waals surface area contributed by atoms with E-state index in [4.69, 9.17) is 18.6 Å². The summed E-state index contributed by atoms with van der Waals surface area (Å²) in [6, 6.07) is 0. The lowest BCUT2D eigenvalue weighted by atomic mass is 10.0. The fourth-order valence-electron chi connectivity index (χ4n) is 0.263. The predicted octanol–water partition coefficient (Wildman–Crippen LogP) is 0.360. The molecule has 0 aliphatic rings. The summed E-state index contributed by atoms with van der Waals surface area (Å²) in [6.45, 7) is 1.73. The number of rotatable bonds is 1. The van der Waals surface area contributed by atoms with E-state index in [1.54, 1.807) is 6.92 Å². The Labute approximate surface area is 50.3 Å². The molecule has 0 aromatic rings. The van der Waals surface area contributed by atoms with E-state index in [1.165, 1.54) is 0 Å². The number of terminal acetylenes is 2. The van der Waals surface area contributed by atoms with Crippen LogP contribution < -0.4 is 5.73 Å². The summed E-state index contributed by atoms with van der Waals surface area (Å²) in [5, 5.41) is 0. The Morgan fingerprint density at radius 2 is 2.12 bits per heavy atom. The van der Waals surface area contributed by atoms with E-state index in [-0.39, 0.29) is 0 Å². The molecule has 0 bridgehead atoms. The summed E-state index contributed by atoms with van der Waals surface area (Å²) < 4.78 is 0. The Kier molecular flexibility index (Phi) is 2.13. The molecule has 0 spiro atoms. The van der Waals surface area contributed by atoms with Crippen LogP contribution in [0.1, 0.15) is 13.3 Å². The molecule has 2 N–H and O–H groups in total. The molecule has 1 heteroatoms. The summed E-state index contributed by atoms with van der Waals surface area (Å²) >= 11 is 0. The molecule has 1 nitrogen and oxygen atoms in total. The van der Waals surface area contributed by atoms with Crippen LogP contribution in [0.25, 0.3) is 0 Å². The second-order valence-electron chi connectivity index (χ2n) is 1.94. The first-order chi connectivity index (χ1) is 3.62. The van der Waals surface area contributed by atoms with E-state index in [2.05, 4.69) is 11.8 Å². The van der Waals surface area contributed by atoms with Crippen molar-refractivity contribution in [2.75, 3.05) is 0 Å². The number of nitrogens with two attached hydrogens (primary N) is 1. The molecule has 0 aromatic carbocycles. The highest BCUT2D eigenvalue weighted by Crippen LogP contribution is 1.99. The Morgan fingerprint density at radius 3 is 2.25 bits per heavy atom. The van der Waals surface area contributed by atoms with Gasteiger partial charge in [-0.3, -0.25) is 0 Å². The zero-order valence-electron chi connectivity index (χ0n) is 4.94. The van der Waals surface area contributed by atoms with Crippen molar-refractivity contribution in [1.82, 2.24) is 0 Å². The highest BCUT2D eigenvalue weighted by Gasteiger charge is 2.10. The topological polar surface area (TPSA) is 26.0 Å². The van der Waals surface area contributed by atoms with Crippen molar-refractivity contribution in [1.29, 1.82) is 0 Å². The largest absolute Gasteiger partial charge is 0.315 e. The summed E-state index contributed by atoms with van der Waals surface area (Å²) in [5.74, 6) is 4.77. The summed E-state index contributed by atoms with van der Waals surface area (Å²) in [5.41, 5.74) is 4.83. The third-order valence-electron chi connectivity index (χ3n) is 0.799. The minimum absolute atomic E-state index is 0.434. The second-order valence-corrected chi connectivity index (χ2v) is 1.94. The minimum Gasteiger partial charge on any atom is -0.315 e. The first kappa shape index (κ1) is 7.08. The van der Waals surface area contributed by atoms with Crippen LogP contribution in [0, 0.1) is 24.7 Å². The van der Waals surface area contributed by atoms with E-state index in [0.717, 1.165) is 0 Å². The fourth-order valence-corrected chi connectivity index (χ4v) is 0.263. The summed E-state index contributed by atoms with van der Waals surface area (Å²) in [6.07, 6.45) is 10.4. The molecule has 0 radical (unpaired) electrons. The van der Waals surface area contributed by atoms with Gasteiger partial charge in [-0.2, -0.15) is 0 Å². The molecule has 0 saturated heterocycles. The molecule has 0 aromatic heterocycles. The lowest BCUT2D eigenvalue weighted by Crippen LogP contribution is -2.33. The van der Waals surface area contributed by atoms with Gasteiger partial charge >= 0.3 is 0 Å². The van der Waals surface area contributed by atoms with Gasteiger partial charge in [0.1, 0.15) is 0 Å². The molecule has 0 amide bonds. The summed E-state index contributed by atoms with van der Waals surface area (Å²) in [4.78, 5) is 0. The molecule has 0 fully saturated rings. The molecule has 1 unspecified atom stereocenters. The van der Waals surface area contributed by atoms with Gasteiger partial charge in [-0.25, -0.2) is 0 Å². The van der Waals surface area contributed by atoms with Crippen LogP contribution in [0.4, 0.5) is 0 Å². The zero-order valence-corrected chi connectivity index (χ0v) is 4.94. The van der Waals surface area contributed by atoms with Gasteiger partial charge in [0.2, 0.25) is 0 Å². The van der Waals surface area contributed by atoms with Crippen LogP contribution in [0.15, 0.2) is 0 Å². The van der Waals surface area contributed by atoms with E-state index >= 15 is 0 Å². The van der Waals surface area contributed by atoms with Crippen molar-refractivity contribution in [3.63, 3.8) is 0 Å². The highest BCUT2D eigenvalue weighted by molar-refractivity contribution is 5.13. The number of hydrogen-bond acceptors (Lipinski definition) is 1. The van der Waals surface area contributed by atoms with Crippen LogP contribution >= 0.6 is 0 Å². The van der Waals surface area contributed by atoms with Gasteiger partial charge in [0.25, 0.3) is 0 Å². The average Bonchev–Trinajstić information content (AvgIpc) is 1.67. The third kappa shape index (κ3) is 2.29. The van der Waals surface area contributed by atoms with Gasteiger partial charge in [-0.1, -0.05) is 5.92 Å². The molecule has 0 saturated carbocycles. The lowest BCUT2D eigenvalue weighted by molar-refractivity contribution is 0.629. The zero-order chi connectivity index (χ0) is 6.62. The molecular formula is C7H9N. The van der Waals surface area contributed by atoms with Crippen molar-refractivity contribution in [3.8, 4) is 24.7 Å². The van der Waals surface area contributed by atoms with Crippen LogP contribution in [-0.4, -0.2) is 5.54 Å². The number of hydrogen-bond donors (Lipinski definition) is 1. The Balaban J connectivity index is 3.82. The van der Waals surface area contributed by atoms with Gasteiger partial charge in [0, 0.05) is 6.42 Å². The maximum Gasteiger partial charge on any atom is 0.0855 e. The third-order valence-corrected chi connectivity index (χ3v) is 0.799. The Morgan fingerprint density at radius 1 is 1.62 bits per heavy atom. The molecule has 42 valence electrons. The monoisotopic (exact) mass is 107 g/mol. The molecule has 1 atom stereocenters. The summed E-state index contributed by atoms with van der Waals surface area (Å²) in [7, 11) is 0. The quantitative estimate of drug-likeness (QED) is 0.481. The second kappa shape index (κ2) is 2.40. The normalized spacial score (nSPS) is 15.5. The van der Waals surface area contributed by atoms with Gasteiger partial charge in [-0.15, -0.1) is 18.8 Å². The van der Waals surface area contributed by atoms with Crippen LogP contribution in [0.5, 0.6) is 0 Å². The first-order valence-corrected chi connectivity index (χ1v) is 2.32. The highest BCUT2D eigenvalue weighted by atomic mass is 14.7. The van der Waals surface area contributed by atoms with Gasteiger partial charge in [0.05, 0.1) is 5.54 Å². The molecule has 8 heavy (non-hydrogen) atoms. The van der Waals surface area contributed by atoms with Crippen molar-refractivity contribution >= 4 is 0 Å². The van der Waals surface area contributed by atoms with Crippen LogP contribution in [0.3, 0.4) is 0 Å². The van der Waals surface area contributed by atoms with Gasteiger partial charge < -0.3 is 5.73 Å². The molecule has 0 aliphatic heterocycles. The Bertz CT molecular complexity index is 143. The van der Waals surface area contributed by atoms with Crippen molar-refractivity contribution in [3.05, 3.63) is 0 Å². The standard InChI is InChI=1S/C7H9N/c1-4-6-7(3,8)5-2/h1-2H,6,8H2,3H3. The molecule has 0 heterocycles. The van der Waals surface area contributed by atoms with E-state index in [9.17, 15) is 0 Å². The maximum absolute atomic E-state index is 5.45. The predicted molar refractivity (Wildman–Crippen MR) is 34.9 cm³/mol. The molecule has 0 aliphatic carbocycles.